The maximum atomic E-state index is 6.20. The molecule has 1 N–H and O–H groups in total. The smallest absolute Gasteiger partial charge is 0.0608 e. The Hall–Kier alpha value is -0.0800. The van der Waals surface area contributed by atoms with Crippen molar-refractivity contribution in [3.8, 4) is 0 Å². The third-order valence-electron chi connectivity index (χ3n) is 4.11. The molecule has 0 aromatic heterocycles. The van der Waals surface area contributed by atoms with E-state index < -0.39 is 0 Å². The lowest BCUT2D eigenvalue weighted by Gasteiger charge is -2.37. The van der Waals surface area contributed by atoms with Crippen LogP contribution in [-0.2, 0) is 4.74 Å². The van der Waals surface area contributed by atoms with Crippen LogP contribution in [0.2, 0.25) is 0 Å². The molecule has 0 aliphatic heterocycles. The molecule has 1 rings (SSSR count). The minimum atomic E-state index is 0.498. The molecule has 2 heteroatoms. The number of rotatable bonds is 6. The molecule has 2 nitrogen and oxygen atoms in total. The van der Waals surface area contributed by atoms with Crippen molar-refractivity contribution < 1.29 is 4.74 Å². The molecule has 0 aromatic rings. The Bertz CT molecular complexity index is 205. The van der Waals surface area contributed by atoms with Crippen LogP contribution in [0.5, 0.6) is 0 Å². The van der Waals surface area contributed by atoms with E-state index in [1.165, 1.54) is 19.3 Å². The van der Waals surface area contributed by atoms with Gasteiger partial charge in [-0.1, -0.05) is 34.1 Å². The normalized spacial score (nSPS) is 31.8. The van der Waals surface area contributed by atoms with E-state index in [0.29, 0.717) is 12.0 Å². The van der Waals surface area contributed by atoms with E-state index in [2.05, 4.69) is 33.0 Å². The molecule has 0 heterocycles. The summed E-state index contributed by atoms with van der Waals surface area (Å²) < 4.78 is 6.20. The zero-order valence-corrected chi connectivity index (χ0v) is 12.3. The van der Waals surface area contributed by atoms with Crippen molar-refractivity contribution >= 4 is 0 Å². The lowest BCUT2D eigenvalue weighted by atomic mass is 9.75. The summed E-state index contributed by atoms with van der Waals surface area (Å²) in [6.07, 6.45) is 4.49. The van der Waals surface area contributed by atoms with Crippen molar-refractivity contribution in [1.29, 1.82) is 0 Å². The molecule has 0 radical (unpaired) electrons. The molecule has 1 aliphatic rings. The van der Waals surface area contributed by atoms with Crippen LogP contribution in [0.4, 0.5) is 0 Å². The summed E-state index contributed by atoms with van der Waals surface area (Å²) in [7, 11) is 2.01. The van der Waals surface area contributed by atoms with Gasteiger partial charge < -0.3 is 10.1 Å². The molecule has 0 amide bonds. The first kappa shape index (κ1) is 15.0. The molecule has 102 valence electrons. The molecule has 0 bridgehead atoms. The maximum Gasteiger partial charge on any atom is 0.0608 e. The van der Waals surface area contributed by atoms with Gasteiger partial charge in [0.05, 0.1) is 12.7 Å². The van der Waals surface area contributed by atoms with Gasteiger partial charge in [-0.2, -0.15) is 0 Å². The summed E-state index contributed by atoms with van der Waals surface area (Å²) in [5.74, 6) is 2.99. The van der Waals surface area contributed by atoms with Gasteiger partial charge in [0, 0.05) is 0 Å². The van der Waals surface area contributed by atoms with Gasteiger partial charge in [-0.3, -0.25) is 0 Å². The van der Waals surface area contributed by atoms with Crippen LogP contribution in [0, 0.1) is 23.7 Å². The fraction of sp³-hybridized carbons (Fsp3) is 1.00. The van der Waals surface area contributed by atoms with E-state index in [1.54, 1.807) is 0 Å². The van der Waals surface area contributed by atoms with E-state index in [0.717, 1.165) is 30.9 Å². The minimum Gasteiger partial charge on any atom is -0.378 e. The summed E-state index contributed by atoms with van der Waals surface area (Å²) in [4.78, 5) is 0. The van der Waals surface area contributed by atoms with E-state index in [9.17, 15) is 0 Å². The lowest BCUT2D eigenvalue weighted by molar-refractivity contribution is -0.0491. The van der Waals surface area contributed by atoms with E-state index >= 15 is 0 Å². The van der Waals surface area contributed by atoms with Crippen molar-refractivity contribution in [2.24, 2.45) is 23.7 Å². The summed E-state index contributed by atoms with van der Waals surface area (Å²) >= 11 is 0. The van der Waals surface area contributed by atoms with Crippen LogP contribution in [0.15, 0.2) is 0 Å². The molecule has 4 atom stereocenters. The molecule has 1 fully saturated rings. The highest BCUT2D eigenvalue weighted by molar-refractivity contribution is 4.81. The number of hydrogen-bond donors (Lipinski definition) is 1. The van der Waals surface area contributed by atoms with E-state index in [4.69, 9.17) is 4.74 Å². The van der Waals surface area contributed by atoms with Gasteiger partial charge in [-0.05, 0) is 50.1 Å². The van der Waals surface area contributed by atoms with Gasteiger partial charge in [0.25, 0.3) is 0 Å². The van der Waals surface area contributed by atoms with Crippen molar-refractivity contribution in [1.82, 2.24) is 5.32 Å². The van der Waals surface area contributed by atoms with Gasteiger partial charge >= 0.3 is 0 Å². The van der Waals surface area contributed by atoms with Gasteiger partial charge in [-0.25, -0.2) is 0 Å². The van der Waals surface area contributed by atoms with Crippen LogP contribution in [-0.4, -0.2) is 26.3 Å². The Balaban J connectivity index is 2.41. The van der Waals surface area contributed by atoms with Gasteiger partial charge in [0.2, 0.25) is 0 Å². The monoisotopic (exact) mass is 241 g/mol. The molecule has 4 unspecified atom stereocenters. The van der Waals surface area contributed by atoms with E-state index in [-0.39, 0.29) is 0 Å². The van der Waals surface area contributed by atoms with Crippen LogP contribution in [0.25, 0.3) is 0 Å². The van der Waals surface area contributed by atoms with Crippen LogP contribution in [0.1, 0.15) is 47.0 Å². The number of ether oxygens (including phenoxy) is 1. The first-order valence-electron chi connectivity index (χ1n) is 7.30. The Morgan fingerprint density at radius 2 is 1.94 bits per heavy atom. The first-order valence-corrected chi connectivity index (χ1v) is 7.30. The summed E-state index contributed by atoms with van der Waals surface area (Å²) in [5.41, 5.74) is 0. The fourth-order valence-corrected chi connectivity index (χ4v) is 3.00. The fourth-order valence-electron chi connectivity index (χ4n) is 3.00. The van der Waals surface area contributed by atoms with Gasteiger partial charge in [0.15, 0.2) is 0 Å². The summed E-state index contributed by atoms with van der Waals surface area (Å²) in [6.45, 7) is 11.3. The SMILES string of the molecule is CNCC(C)COC1CC(C)CCC1C(C)C. The molecule has 1 aliphatic carbocycles. The van der Waals surface area contributed by atoms with Crippen molar-refractivity contribution in [3.05, 3.63) is 0 Å². The molecule has 17 heavy (non-hydrogen) atoms. The maximum absolute atomic E-state index is 6.20. The highest BCUT2D eigenvalue weighted by atomic mass is 16.5. The Labute approximate surface area is 108 Å². The topological polar surface area (TPSA) is 21.3 Å². The molecule has 0 saturated heterocycles. The summed E-state index contributed by atoms with van der Waals surface area (Å²) in [5, 5.41) is 3.22. The Kier molecular flexibility index (Phi) is 6.50. The Morgan fingerprint density at radius 3 is 2.53 bits per heavy atom. The molecular formula is C15H31NO. The van der Waals surface area contributed by atoms with Crippen molar-refractivity contribution in [2.75, 3.05) is 20.2 Å². The van der Waals surface area contributed by atoms with Crippen LogP contribution < -0.4 is 5.32 Å². The third-order valence-corrected chi connectivity index (χ3v) is 4.11. The standard InChI is InChI=1S/C15H31NO/c1-11(2)14-7-6-12(3)8-15(14)17-10-13(4)9-16-5/h11-16H,6-10H2,1-5H3. The van der Waals surface area contributed by atoms with Gasteiger partial charge in [-0.15, -0.1) is 0 Å². The van der Waals surface area contributed by atoms with Gasteiger partial charge in [0.1, 0.15) is 0 Å². The average molecular weight is 241 g/mol. The van der Waals surface area contributed by atoms with Crippen molar-refractivity contribution in [2.45, 2.75) is 53.1 Å². The predicted molar refractivity (Wildman–Crippen MR) is 74.2 cm³/mol. The zero-order valence-electron chi connectivity index (χ0n) is 12.3. The Morgan fingerprint density at radius 1 is 1.24 bits per heavy atom. The largest absolute Gasteiger partial charge is 0.378 e. The first-order chi connectivity index (χ1) is 8.04. The predicted octanol–water partition coefficient (Wildman–Crippen LogP) is 3.32. The lowest BCUT2D eigenvalue weighted by Crippen LogP contribution is -2.36. The molecular weight excluding hydrogens is 210 g/mol. The number of nitrogens with one attached hydrogen (secondary N) is 1. The minimum absolute atomic E-state index is 0.498. The number of hydrogen-bond acceptors (Lipinski definition) is 2. The second kappa shape index (κ2) is 7.38. The second-order valence-electron chi connectivity index (χ2n) is 6.36. The molecule has 1 saturated carbocycles. The quantitative estimate of drug-likeness (QED) is 0.770. The van der Waals surface area contributed by atoms with E-state index in [1.807, 2.05) is 7.05 Å². The summed E-state index contributed by atoms with van der Waals surface area (Å²) in [6, 6.07) is 0. The molecule has 0 spiro atoms. The zero-order chi connectivity index (χ0) is 12.8. The second-order valence-corrected chi connectivity index (χ2v) is 6.36. The third kappa shape index (κ3) is 4.97. The van der Waals surface area contributed by atoms with Crippen LogP contribution >= 0.6 is 0 Å². The van der Waals surface area contributed by atoms with Crippen LogP contribution in [0.3, 0.4) is 0 Å². The van der Waals surface area contributed by atoms with Crippen molar-refractivity contribution in [3.63, 3.8) is 0 Å². The molecule has 0 aromatic carbocycles. The average Bonchev–Trinajstić information content (AvgIpc) is 2.26. The highest BCUT2D eigenvalue weighted by Gasteiger charge is 2.31. The highest BCUT2D eigenvalue weighted by Crippen LogP contribution is 2.35.